The lowest BCUT2D eigenvalue weighted by Gasteiger charge is -2.48. The van der Waals surface area contributed by atoms with Crippen LogP contribution in [-0.2, 0) is 33.2 Å². The van der Waals surface area contributed by atoms with Crippen LogP contribution < -0.4 is 5.32 Å². The van der Waals surface area contributed by atoms with E-state index in [1.54, 1.807) is 0 Å². The van der Waals surface area contributed by atoms with Crippen molar-refractivity contribution in [3.05, 3.63) is 60.8 Å². The van der Waals surface area contributed by atoms with E-state index in [0.29, 0.717) is 12.8 Å². The number of carbonyl (C=O) groups excluding carboxylic acids is 1. The van der Waals surface area contributed by atoms with Crippen LogP contribution in [0.4, 0.5) is 0 Å². The molecule has 17 atom stereocenters. The van der Waals surface area contributed by atoms with Crippen molar-refractivity contribution in [2.45, 2.75) is 484 Å². The van der Waals surface area contributed by atoms with Crippen molar-refractivity contribution in [3.8, 4) is 0 Å². The Hall–Kier alpha value is -2.51. The van der Waals surface area contributed by atoms with Crippen LogP contribution in [0, 0.1) is 0 Å². The molecule has 0 saturated carbocycles. The third kappa shape index (κ3) is 48.9. The maximum Gasteiger partial charge on any atom is 0.220 e. The first-order valence-electron chi connectivity index (χ1n) is 45.5. The van der Waals surface area contributed by atoms with Gasteiger partial charge in [-0.25, -0.2) is 0 Å². The first-order valence-corrected chi connectivity index (χ1v) is 45.5. The van der Waals surface area contributed by atoms with Crippen molar-refractivity contribution >= 4 is 5.91 Å². The highest BCUT2D eigenvalue weighted by atomic mass is 16.8. The Kier molecular flexibility index (Phi) is 65.3. The summed E-state index contributed by atoms with van der Waals surface area (Å²) in [6, 6.07) is -0.890. The van der Waals surface area contributed by atoms with Gasteiger partial charge < -0.3 is 89.9 Å². The molecule has 19 nitrogen and oxygen atoms in total. The van der Waals surface area contributed by atoms with E-state index >= 15 is 0 Å². The molecule has 0 aromatic rings. The number of aliphatic hydroxyl groups is 11. The largest absolute Gasteiger partial charge is 0.394 e. The minimum atomic E-state index is -1.97. The van der Waals surface area contributed by atoms with Gasteiger partial charge in [-0.2, -0.15) is 0 Å². The summed E-state index contributed by atoms with van der Waals surface area (Å²) in [5.74, 6) is -0.236. The van der Waals surface area contributed by atoms with Crippen LogP contribution in [0.3, 0.4) is 0 Å². The molecule has 0 aromatic heterocycles. The molecule has 17 unspecified atom stereocenters. The number of amides is 1. The molecule has 19 heteroatoms. The highest BCUT2D eigenvalue weighted by molar-refractivity contribution is 5.76. The van der Waals surface area contributed by atoms with Gasteiger partial charge in [0.25, 0.3) is 0 Å². The first kappa shape index (κ1) is 102. The topological polar surface area (TPSA) is 307 Å². The Balaban J connectivity index is 1.31. The fraction of sp³-hybridized carbons (Fsp3) is 0.879. The smallest absolute Gasteiger partial charge is 0.220 e. The van der Waals surface area contributed by atoms with Crippen LogP contribution in [0.25, 0.3) is 0 Å². The third-order valence-corrected chi connectivity index (χ3v) is 22.6. The van der Waals surface area contributed by atoms with E-state index in [1.807, 2.05) is 0 Å². The molecule has 3 heterocycles. The molecular weight excluding hydrogens is 1390 g/mol. The maximum absolute atomic E-state index is 13.6. The molecular formula is C91H167NO18. The summed E-state index contributed by atoms with van der Waals surface area (Å²) < 4.78 is 34.6. The Morgan fingerprint density at radius 3 is 0.982 bits per heavy atom. The van der Waals surface area contributed by atoms with Gasteiger partial charge in [-0.3, -0.25) is 4.79 Å². The number of unbranched alkanes of at least 4 members (excludes halogenated alkanes) is 48. The van der Waals surface area contributed by atoms with Gasteiger partial charge in [0.2, 0.25) is 5.91 Å². The van der Waals surface area contributed by atoms with Gasteiger partial charge in [0.1, 0.15) is 73.2 Å². The van der Waals surface area contributed by atoms with E-state index in [0.717, 1.165) is 77.0 Å². The van der Waals surface area contributed by atoms with Crippen molar-refractivity contribution in [2.24, 2.45) is 0 Å². The van der Waals surface area contributed by atoms with Gasteiger partial charge in [0.05, 0.1) is 38.6 Å². The number of hydrogen-bond acceptors (Lipinski definition) is 18. The van der Waals surface area contributed by atoms with Crippen LogP contribution in [-0.4, -0.2) is 193 Å². The predicted octanol–water partition coefficient (Wildman–Crippen LogP) is 17.4. The summed E-state index contributed by atoms with van der Waals surface area (Å²) in [6.45, 7) is 1.75. The molecule has 0 radical (unpaired) electrons. The van der Waals surface area contributed by atoms with E-state index < -0.39 is 124 Å². The average molecular weight is 1560 g/mol. The summed E-state index contributed by atoms with van der Waals surface area (Å²) in [6.07, 6.45) is 66.1. The van der Waals surface area contributed by atoms with Crippen molar-refractivity contribution in [3.63, 3.8) is 0 Å². The van der Waals surface area contributed by atoms with Crippen molar-refractivity contribution in [1.82, 2.24) is 5.32 Å². The zero-order valence-corrected chi connectivity index (χ0v) is 69.5. The second kappa shape index (κ2) is 70.7. The first-order chi connectivity index (χ1) is 53.8. The number of nitrogens with one attached hydrogen (secondary N) is 1. The van der Waals surface area contributed by atoms with Crippen molar-refractivity contribution < 1.29 is 89.4 Å². The zero-order chi connectivity index (χ0) is 79.5. The molecule has 3 aliphatic rings. The number of rotatable bonds is 74. The summed E-state index contributed by atoms with van der Waals surface area (Å²) in [7, 11) is 0. The fourth-order valence-corrected chi connectivity index (χ4v) is 15.4. The van der Waals surface area contributed by atoms with Gasteiger partial charge >= 0.3 is 0 Å². The normalized spacial score (nSPS) is 25.4. The van der Waals surface area contributed by atoms with E-state index in [-0.39, 0.29) is 18.9 Å². The third-order valence-electron chi connectivity index (χ3n) is 22.6. The molecule has 0 spiro atoms. The number of allylic oxidation sites excluding steroid dienone is 10. The van der Waals surface area contributed by atoms with Crippen LogP contribution >= 0.6 is 0 Å². The molecule has 12 N–H and O–H groups in total. The van der Waals surface area contributed by atoms with Crippen LogP contribution in [0.15, 0.2) is 60.8 Å². The molecule has 3 rings (SSSR count). The molecule has 0 bridgehead atoms. The quantitative estimate of drug-likeness (QED) is 0.0199. The number of aliphatic hydroxyl groups excluding tert-OH is 11. The molecule has 3 saturated heterocycles. The van der Waals surface area contributed by atoms with Gasteiger partial charge in [0, 0.05) is 6.42 Å². The molecule has 1 amide bonds. The number of hydrogen-bond donors (Lipinski definition) is 12. The van der Waals surface area contributed by atoms with E-state index in [9.17, 15) is 61.0 Å². The van der Waals surface area contributed by atoms with Crippen LogP contribution in [0.2, 0.25) is 0 Å². The van der Waals surface area contributed by atoms with Gasteiger partial charge in [0.15, 0.2) is 18.9 Å². The fourth-order valence-electron chi connectivity index (χ4n) is 15.4. The van der Waals surface area contributed by atoms with E-state index in [1.165, 1.54) is 270 Å². The van der Waals surface area contributed by atoms with Gasteiger partial charge in [-0.1, -0.05) is 376 Å². The lowest BCUT2D eigenvalue weighted by molar-refractivity contribution is -0.379. The average Bonchev–Trinajstić information content (AvgIpc) is 0.795. The molecule has 3 fully saturated rings. The summed E-state index contributed by atoms with van der Waals surface area (Å²) in [5.41, 5.74) is 0. The Labute approximate surface area is 668 Å². The molecule has 0 aromatic carbocycles. The summed E-state index contributed by atoms with van der Waals surface area (Å²) >= 11 is 0. The van der Waals surface area contributed by atoms with Crippen LogP contribution in [0.5, 0.6) is 0 Å². The minimum absolute atomic E-state index is 0.236. The highest BCUT2D eigenvalue weighted by Crippen LogP contribution is 2.34. The maximum atomic E-state index is 13.6. The molecule has 644 valence electrons. The van der Waals surface area contributed by atoms with Gasteiger partial charge in [-0.05, 0) is 57.8 Å². The Bertz CT molecular complexity index is 2220. The van der Waals surface area contributed by atoms with Crippen molar-refractivity contribution in [2.75, 3.05) is 26.4 Å². The number of carbonyl (C=O) groups is 1. The Morgan fingerprint density at radius 1 is 0.336 bits per heavy atom. The molecule has 3 aliphatic heterocycles. The lowest BCUT2D eigenvalue weighted by Crippen LogP contribution is -2.66. The van der Waals surface area contributed by atoms with Crippen molar-refractivity contribution in [1.29, 1.82) is 0 Å². The van der Waals surface area contributed by atoms with Crippen LogP contribution in [0.1, 0.15) is 380 Å². The SMILES string of the molecule is CC/C=C\C/C=C\C/C=C\C/C=C\C/C=C\CCCCCCCCCCCCCCCCCCCCCC(=O)NC(COC1OC(CO)C(OC2OC(CO)C(OC3OC(CO)C(O)C(O)C3O)C(O)C2O)C(O)C1O)C(O)CCCCCCCCCCCCCCCCCCCCCCCCCCCCCCCC. The second-order valence-corrected chi connectivity index (χ2v) is 32.4. The molecule has 0 aliphatic carbocycles. The Morgan fingerprint density at radius 2 is 0.627 bits per heavy atom. The monoisotopic (exact) mass is 1560 g/mol. The van der Waals surface area contributed by atoms with E-state index in [4.69, 9.17) is 28.4 Å². The zero-order valence-electron chi connectivity index (χ0n) is 69.5. The molecule has 110 heavy (non-hydrogen) atoms. The van der Waals surface area contributed by atoms with Gasteiger partial charge in [-0.15, -0.1) is 0 Å². The highest BCUT2D eigenvalue weighted by Gasteiger charge is 2.54. The van der Waals surface area contributed by atoms with E-state index in [2.05, 4.69) is 79.9 Å². The number of ether oxygens (including phenoxy) is 6. The second-order valence-electron chi connectivity index (χ2n) is 32.4. The summed E-state index contributed by atoms with van der Waals surface area (Å²) in [4.78, 5) is 13.6. The summed E-state index contributed by atoms with van der Waals surface area (Å²) in [5, 5.41) is 121. The minimum Gasteiger partial charge on any atom is -0.394 e. The predicted molar refractivity (Wildman–Crippen MR) is 443 cm³/mol. The lowest BCUT2D eigenvalue weighted by atomic mass is 9.96. The standard InChI is InChI=1S/C91H167NO18/c1-3-5-7-9-11-13-15-17-19-21-23-25-27-29-31-33-35-36-37-38-39-41-43-45-47-49-51-53-55-57-59-61-63-65-67-69-79(97)92-74(75(96)68-66-64-62-60-58-56-54-52-50-48-46-44-42-40-34-32-30-28-26-24-22-20-18-16-14-12-10-8-6-4-2)73-105-89-85(103)82(100)87(77(71-94)107-89)110-91-86(104)83(101)88(78(72-95)108-91)109-90-84(102)81(99)80(98)76(70-93)106-90/h5,7,11,13,17,19,23,25,29,31,74-78,80-91,93-96,98-104H,3-4,6,8-10,12,14-16,18,20-22,24,26-28,30,32-73H2,1-2H3,(H,92,97)/b7-5-,13-11-,19-17-,25-23-,31-29-.